The highest BCUT2D eigenvalue weighted by atomic mass is 35.5. The number of aryl methyl sites for hydroxylation is 1. The average molecular weight is 481 g/mol. The smallest absolute Gasteiger partial charge is 0.269 e. The van der Waals surface area contributed by atoms with Gasteiger partial charge >= 0.3 is 0 Å². The van der Waals surface area contributed by atoms with Crippen molar-refractivity contribution in [3.8, 4) is 0 Å². The maximum atomic E-state index is 10.9. The van der Waals surface area contributed by atoms with E-state index in [1.54, 1.807) is 30.5 Å². The molecule has 3 aromatic rings. The van der Waals surface area contributed by atoms with Gasteiger partial charge in [-0.25, -0.2) is 0 Å². The highest BCUT2D eigenvalue weighted by Gasteiger charge is 2.26. The third-order valence-electron chi connectivity index (χ3n) is 5.12. The standard InChI is InChI=1S/C23H25ClN8O2/c1-15-4-2-3-5-20(15)27-22-28-21(26-18-10-12-19(13-11-18)32(33)34)29-23(30-22)31-25-14-16-6-8-17(24)9-7-16/h2-14,21-23,26-31H,1H3/b25-14+. The SMILES string of the molecule is Cc1ccccc1NC1NC(N/N=C/c2ccc(Cl)cc2)NC(Nc2ccc([N+](=O)[O-])cc2)N1. The van der Waals surface area contributed by atoms with Crippen LogP contribution in [0.5, 0.6) is 0 Å². The normalized spacial score (nSPS) is 20.1. The van der Waals surface area contributed by atoms with Gasteiger partial charge in [0.05, 0.1) is 11.1 Å². The van der Waals surface area contributed by atoms with Gasteiger partial charge in [0.2, 0.25) is 0 Å². The molecule has 6 N–H and O–H groups in total. The second-order valence-corrected chi connectivity index (χ2v) is 8.08. The van der Waals surface area contributed by atoms with Crippen molar-refractivity contribution in [3.05, 3.63) is 99.1 Å². The zero-order chi connectivity index (χ0) is 23.9. The molecule has 1 heterocycles. The Bertz CT molecular complexity index is 1140. The van der Waals surface area contributed by atoms with E-state index in [0.29, 0.717) is 5.02 Å². The van der Waals surface area contributed by atoms with Crippen LogP contribution in [0.15, 0.2) is 77.9 Å². The van der Waals surface area contributed by atoms with Crippen LogP contribution in [-0.4, -0.2) is 30.0 Å². The molecule has 0 bridgehead atoms. The summed E-state index contributed by atoms with van der Waals surface area (Å²) in [6.45, 7) is 2.03. The van der Waals surface area contributed by atoms with Crippen molar-refractivity contribution in [3.63, 3.8) is 0 Å². The van der Waals surface area contributed by atoms with Crippen LogP contribution in [0.1, 0.15) is 11.1 Å². The summed E-state index contributed by atoms with van der Waals surface area (Å²) in [4.78, 5) is 10.5. The van der Waals surface area contributed by atoms with Crippen molar-refractivity contribution in [1.29, 1.82) is 0 Å². The van der Waals surface area contributed by atoms with Crippen LogP contribution < -0.4 is 32.0 Å². The monoisotopic (exact) mass is 480 g/mol. The summed E-state index contributed by atoms with van der Waals surface area (Å²) in [6, 6.07) is 21.6. The lowest BCUT2D eigenvalue weighted by Gasteiger charge is -2.39. The average Bonchev–Trinajstić information content (AvgIpc) is 2.82. The predicted molar refractivity (Wildman–Crippen MR) is 134 cm³/mol. The van der Waals surface area contributed by atoms with Crippen LogP contribution >= 0.6 is 11.6 Å². The Morgan fingerprint density at radius 2 is 1.56 bits per heavy atom. The first kappa shape index (κ1) is 23.5. The van der Waals surface area contributed by atoms with Gasteiger partial charge < -0.3 is 10.6 Å². The van der Waals surface area contributed by atoms with Gasteiger partial charge in [-0.3, -0.25) is 31.5 Å². The van der Waals surface area contributed by atoms with Crippen LogP contribution in [0.2, 0.25) is 5.02 Å². The fourth-order valence-corrected chi connectivity index (χ4v) is 3.48. The van der Waals surface area contributed by atoms with E-state index in [1.165, 1.54) is 12.1 Å². The summed E-state index contributed by atoms with van der Waals surface area (Å²) >= 11 is 5.93. The zero-order valence-electron chi connectivity index (χ0n) is 18.3. The number of hydrogen-bond donors (Lipinski definition) is 6. The lowest BCUT2D eigenvalue weighted by molar-refractivity contribution is -0.384. The van der Waals surface area contributed by atoms with Gasteiger partial charge in [-0.1, -0.05) is 41.9 Å². The van der Waals surface area contributed by atoms with Gasteiger partial charge in [0, 0.05) is 28.5 Å². The van der Waals surface area contributed by atoms with Gasteiger partial charge in [0.25, 0.3) is 5.69 Å². The Balaban J connectivity index is 1.45. The number of nitrogens with one attached hydrogen (secondary N) is 6. The topological polar surface area (TPSA) is 128 Å². The first-order valence-electron chi connectivity index (χ1n) is 10.6. The number of hydrogen-bond acceptors (Lipinski definition) is 9. The fourth-order valence-electron chi connectivity index (χ4n) is 3.36. The number of hydrazone groups is 1. The van der Waals surface area contributed by atoms with Crippen molar-refractivity contribution >= 4 is 34.9 Å². The molecule has 0 amide bonds. The minimum atomic E-state index is -0.425. The molecule has 3 aromatic carbocycles. The van der Waals surface area contributed by atoms with Crippen LogP contribution in [0.3, 0.4) is 0 Å². The molecule has 0 saturated carbocycles. The lowest BCUT2D eigenvalue weighted by Crippen LogP contribution is -2.74. The Kier molecular flexibility index (Phi) is 7.55. The molecular weight excluding hydrogens is 456 g/mol. The first-order valence-corrected chi connectivity index (χ1v) is 11.0. The van der Waals surface area contributed by atoms with E-state index in [1.807, 2.05) is 43.3 Å². The summed E-state index contributed by atoms with van der Waals surface area (Å²) < 4.78 is 0. The molecule has 3 unspecified atom stereocenters. The molecule has 176 valence electrons. The van der Waals surface area contributed by atoms with Crippen LogP contribution in [-0.2, 0) is 0 Å². The highest BCUT2D eigenvalue weighted by Crippen LogP contribution is 2.17. The van der Waals surface area contributed by atoms with Crippen molar-refractivity contribution in [2.75, 3.05) is 10.6 Å². The molecule has 0 aliphatic carbocycles. The molecule has 34 heavy (non-hydrogen) atoms. The van der Waals surface area contributed by atoms with Crippen molar-refractivity contribution < 1.29 is 4.92 Å². The molecular formula is C23H25ClN8O2. The van der Waals surface area contributed by atoms with E-state index in [0.717, 1.165) is 22.5 Å². The molecule has 1 fully saturated rings. The van der Waals surface area contributed by atoms with Gasteiger partial charge in [-0.2, -0.15) is 5.10 Å². The molecule has 1 aliphatic heterocycles. The second-order valence-electron chi connectivity index (χ2n) is 7.65. The second kappa shape index (κ2) is 10.9. The molecule has 1 saturated heterocycles. The number of anilines is 2. The van der Waals surface area contributed by atoms with Crippen LogP contribution in [0.25, 0.3) is 0 Å². The number of nitrogens with zero attached hydrogens (tertiary/aromatic N) is 2. The number of halogens is 1. The third kappa shape index (κ3) is 6.42. The lowest BCUT2D eigenvalue weighted by atomic mass is 10.2. The summed E-state index contributed by atoms with van der Waals surface area (Å²) in [5, 5.41) is 32.7. The Morgan fingerprint density at radius 3 is 2.24 bits per heavy atom. The Hall–Kier alpha value is -3.70. The number of rotatable bonds is 8. The zero-order valence-corrected chi connectivity index (χ0v) is 19.1. The molecule has 11 heteroatoms. The summed E-state index contributed by atoms with van der Waals surface area (Å²) in [5.74, 6) is 0. The molecule has 4 rings (SSSR count). The number of non-ortho nitro benzene ring substituents is 1. The van der Waals surface area contributed by atoms with E-state index in [-0.39, 0.29) is 18.3 Å². The van der Waals surface area contributed by atoms with E-state index in [9.17, 15) is 10.1 Å². The predicted octanol–water partition coefficient (Wildman–Crippen LogP) is 3.34. The molecule has 1 aliphatic rings. The van der Waals surface area contributed by atoms with E-state index >= 15 is 0 Å². The molecule has 0 radical (unpaired) electrons. The van der Waals surface area contributed by atoms with Crippen molar-refractivity contribution in [1.82, 2.24) is 21.4 Å². The van der Waals surface area contributed by atoms with Gasteiger partial charge in [-0.05, 0) is 48.4 Å². The minimum absolute atomic E-state index is 0.0342. The van der Waals surface area contributed by atoms with Crippen molar-refractivity contribution in [2.45, 2.75) is 25.8 Å². The summed E-state index contributed by atoms with van der Waals surface area (Å²) in [5.41, 5.74) is 6.80. The largest absolute Gasteiger partial charge is 0.357 e. The van der Waals surface area contributed by atoms with Gasteiger partial charge in [-0.15, -0.1) is 0 Å². The van der Waals surface area contributed by atoms with Crippen molar-refractivity contribution in [2.24, 2.45) is 5.10 Å². The summed E-state index contributed by atoms with van der Waals surface area (Å²) in [6.07, 6.45) is 0.597. The summed E-state index contributed by atoms with van der Waals surface area (Å²) in [7, 11) is 0. The van der Waals surface area contributed by atoms with Crippen LogP contribution in [0.4, 0.5) is 17.1 Å². The number of nitro benzene ring substituents is 1. The molecule has 3 atom stereocenters. The molecule has 10 nitrogen and oxygen atoms in total. The maximum absolute atomic E-state index is 10.9. The molecule has 0 aromatic heterocycles. The number of para-hydroxylation sites is 1. The number of benzene rings is 3. The third-order valence-corrected chi connectivity index (χ3v) is 5.37. The van der Waals surface area contributed by atoms with Crippen LogP contribution in [0, 0.1) is 17.0 Å². The Morgan fingerprint density at radius 1 is 0.912 bits per heavy atom. The molecule has 0 spiro atoms. The fraction of sp³-hybridized carbons (Fsp3) is 0.174. The highest BCUT2D eigenvalue weighted by molar-refractivity contribution is 6.30. The Labute approximate surface area is 201 Å². The first-order chi connectivity index (χ1) is 16.5. The van der Waals surface area contributed by atoms with E-state index in [2.05, 4.69) is 37.1 Å². The van der Waals surface area contributed by atoms with E-state index < -0.39 is 11.2 Å². The quantitative estimate of drug-likeness (QED) is 0.165. The minimum Gasteiger partial charge on any atom is -0.357 e. The van der Waals surface area contributed by atoms with E-state index in [4.69, 9.17) is 11.6 Å². The van der Waals surface area contributed by atoms with Gasteiger partial charge in [0.15, 0.2) is 6.29 Å². The maximum Gasteiger partial charge on any atom is 0.269 e. The number of nitro groups is 1. The van der Waals surface area contributed by atoms with Gasteiger partial charge in [0.1, 0.15) is 12.6 Å².